The highest BCUT2D eigenvalue weighted by molar-refractivity contribution is 6.07. The van der Waals surface area contributed by atoms with Gasteiger partial charge in [-0.2, -0.15) is 0 Å². The Morgan fingerprint density at radius 2 is 0.605 bits per heavy atom. The van der Waals surface area contributed by atoms with E-state index >= 15 is 0 Å². The quantitative estimate of drug-likeness (QED) is 0.157. The summed E-state index contributed by atoms with van der Waals surface area (Å²) >= 11 is 0. The number of nitrogens with zero attached hydrogens (tertiary/aromatic N) is 6. The maximum Gasteiger partial charge on any atom is 0.164 e. The summed E-state index contributed by atoms with van der Waals surface area (Å²) < 4.78 is 0. The smallest absolute Gasteiger partial charge is 0.164 e. The molecule has 0 atom stereocenters. The SMILES string of the molecule is O=C([O-])c1ccc(-c2ccc3c(c2)-c2nc4nc(nc5[nH]c([nH]c6nc(nc-3n2)-c2cc(-c3ccc(C(=O)[O-])cc3)ccc2-6)c2cc(-c3ccc(C(=O)[O-])cc3)ccc52)-c2cc(-c3ccc(C(=O)[O-])cc3)ccc2-4)cc1. The predicted octanol–water partition coefficient (Wildman–Crippen LogP) is 6.89. The largest absolute Gasteiger partial charge is 0.545 e. The molecule has 3 aliphatic heterocycles. The van der Waals surface area contributed by atoms with Gasteiger partial charge >= 0.3 is 0 Å². The Kier molecular flexibility index (Phi) is 10.3. The summed E-state index contributed by atoms with van der Waals surface area (Å²) in [5.41, 5.74) is 10.9. The zero-order valence-corrected chi connectivity index (χ0v) is 39.1. The van der Waals surface area contributed by atoms with Crippen molar-refractivity contribution in [2.75, 3.05) is 0 Å². The van der Waals surface area contributed by atoms with Crippen LogP contribution in [0.3, 0.4) is 0 Å². The first-order chi connectivity index (χ1) is 36.9. The minimum atomic E-state index is -1.29. The fourth-order valence-corrected chi connectivity index (χ4v) is 9.71. The third-order valence-electron chi connectivity index (χ3n) is 13.6. The van der Waals surface area contributed by atoms with E-state index < -0.39 is 23.9 Å². The van der Waals surface area contributed by atoms with Crippen LogP contribution in [0.4, 0.5) is 0 Å². The molecule has 8 aromatic carbocycles. The second-order valence-corrected chi connectivity index (χ2v) is 18.1. The molecule has 0 unspecified atom stereocenters. The lowest BCUT2D eigenvalue weighted by Crippen LogP contribution is -2.21. The number of aromatic amines is 2. The normalized spacial score (nSPS) is 11.6. The first kappa shape index (κ1) is 44.9. The van der Waals surface area contributed by atoms with Crippen LogP contribution in [0.2, 0.25) is 0 Å². The molecule has 16 heteroatoms. The first-order valence-corrected chi connectivity index (χ1v) is 23.6. The van der Waals surface area contributed by atoms with E-state index in [1.165, 1.54) is 48.5 Å². The number of carboxylic acids is 4. The fraction of sp³-hybridized carbons (Fsp3) is 0. The molecule has 0 radical (unpaired) electrons. The topological polar surface area (TPSA) is 269 Å². The van der Waals surface area contributed by atoms with E-state index in [1.807, 2.05) is 72.8 Å². The molecule has 0 amide bonds. The number of H-pyrrole nitrogens is 2. The standard InChI is InChI=1S/C60H34N8O8/c69-57(70)33-9-1-29(2-10-33)37-17-21-41-45(25-37)53-61-49(41)66-54-47-27-39(31-5-13-35(14-6-31)59(73)74)19-23-43(47)51(63-54)68-56-48-28-40(32-7-15-36(16-8-32)60(75)76)20-24-44(48)52(64-56)67-55-46-26-38(18-22-42(46)50(62-55)65-53)30-3-11-34(12-4-30)58(71)72/h1-28H,(H,69,70)(H,71,72)(H,73,74)(H,75,76)(H2,61,62,63,64,65,66,67,68)/p-4. The van der Waals surface area contributed by atoms with Crippen molar-refractivity contribution in [3.63, 3.8) is 0 Å². The molecule has 0 spiro atoms. The van der Waals surface area contributed by atoms with Gasteiger partial charge in [-0.25, -0.2) is 29.9 Å². The molecular weight excluding hydrogens is 961 g/mol. The number of rotatable bonds is 8. The van der Waals surface area contributed by atoms with Gasteiger partial charge in [-0.05, 0) is 115 Å². The van der Waals surface area contributed by atoms with Crippen molar-refractivity contribution in [3.8, 4) is 113 Å². The Morgan fingerprint density at radius 3 is 1.01 bits per heavy atom. The number of aromatic carboxylic acids is 4. The molecule has 0 saturated carbocycles. The van der Waals surface area contributed by atoms with E-state index in [2.05, 4.69) is 9.97 Å². The van der Waals surface area contributed by atoms with Gasteiger partial charge < -0.3 is 49.6 Å². The zero-order valence-electron chi connectivity index (χ0n) is 39.1. The van der Waals surface area contributed by atoms with Gasteiger partial charge in [0, 0.05) is 44.2 Å². The highest BCUT2D eigenvalue weighted by atomic mass is 16.4. The molecule has 3 aliphatic rings. The second-order valence-electron chi connectivity index (χ2n) is 18.1. The molecule has 16 nitrogen and oxygen atoms in total. The molecular formula is C60H30N8O8-4. The van der Waals surface area contributed by atoms with Crippen molar-refractivity contribution in [1.82, 2.24) is 39.9 Å². The summed E-state index contributed by atoms with van der Waals surface area (Å²) in [7, 11) is 0. The number of fused-ring (bicyclic) bond motifs is 20. The second kappa shape index (κ2) is 17.3. The molecule has 5 heterocycles. The Balaban J connectivity index is 1.08. The Labute approximate surface area is 428 Å². The van der Waals surface area contributed by atoms with Crippen molar-refractivity contribution in [2.24, 2.45) is 0 Å². The van der Waals surface area contributed by atoms with E-state index in [-0.39, 0.29) is 28.1 Å². The highest BCUT2D eigenvalue weighted by Gasteiger charge is 2.27. The summed E-state index contributed by atoms with van der Waals surface area (Å²) in [6.07, 6.45) is 0. The van der Waals surface area contributed by atoms with Gasteiger partial charge in [-0.3, -0.25) is 0 Å². The summed E-state index contributed by atoms with van der Waals surface area (Å²) in [6.45, 7) is 0. The predicted molar refractivity (Wildman–Crippen MR) is 273 cm³/mol. The van der Waals surface area contributed by atoms with Crippen molar-refractivity contribution in [3.05, 3.63) is 192 Å². The number of nitrogens with one attached hydrogen (secondary N) is 2. The molecule has 0 fully saturated rings. The summed E-state index contributed by atoms with van der Waals surface area (Å²) in [5.74, 6) is -3.27. The van der Waals surface area contributed by atoms with Crippen LogP contribution in [-0.4, -0.2) is 63.7 Å². The van der Waals surface area contributed by atoms with Gasteiger partial charge in [0.15, 0.2) is 29.1 Å². The Morgan fingerprint density at radius 1 is 0.289 bits per heavy atom. The van der Waals surface area contributed by atoms with Crippen LogP contribution in [0.1, 0.15) is 41.4 Å². The number of carboxylic acid groups (broad SMARTS) is 4. The van der Waals surface area contributed by atoms with Crippen LogP contribution >= 0.6 is 0 Å². The molecule has 13 rings (SSSR count). The molecule has 8 bridgehead atoms. The number of benzene rings is 8. The molecule has 0 saturated heterocycles. The average molecular weight is 991 g/mol. The summed E-state index contributed by atoms with van der Waals surface area (Å²) in [4.78, 5) is 84.5. The van der Waals surface area contributed by atoms with Crippen molar-refractivity contribution < 1.29 is 39.6 Å². The maximum absolute atomic E-state index is 11.6. The lowest BCUT2D eigenvalue weighted by molar-refractivity contribution is -0.256. The number of carbonyl (C=O) groups is 4. The first-order valence-electron chi connectivity index (χ1n) is 23.6. The van der Waals surface area contributed by atoms with Gasteiger partial charge in [0.25, 0.3) is 0 Å². The Bertz CT molecular complexity index is 4400. The highest BCUT2D eigenvalue weighted by Crippen LogP contribution is 2.43. The Hall–Kier alpha value is -11.0. The van der Waals surface area contributed by atoms with Crippen LogP contribution in [-0.2, 0) is 0 Å². The van der Waals surface area contributed by atoms with E-state index in [4.69, 9.17) is 29.9 Å². The molecule has 76 heavy (non-hydrogen) atoms. The number of hydrogen-bond donors (Lipinski definition) is 2. The van der Waals surface area contributed by atoms with Gasteiger partial charge in [-0.1, -0.05) is 121 Å². The van der Waals surface area contributed by atoms with Gasteiger partial charge in [-0.15, -0.1) is 0 Å². The van der Waals surface area contributed by atoms with E-state index in [1.54, 1.807) is 48.5 Å². The molecule has 362 valence electrons. The van der Waals surface area contributed by atoms with E-state index in [0.717, 1.165) is 44.5 Å². The van der Waals surface area contributed by atoms with Crippen molar-refractivity contribution in [2.45, 2.75) is 0 Å². The van der Waals surface area contributed by atoms with Gasteiger partial charge in [0.05, 0.1) is 23.9 Å². The third-order valence-corrected chi connectivity index (χ3v) is 13.6. The molecule has 2 N–H and O–H groups in total. The lowest BCUT2D eigenvalue weighted by atomic mass is 9.98. The average Bonchev–Trinajstić information content (AvgIpc) is 4.20. The molecule has 0 aliphatic carbocycles. The number of carbonyl (C=O) groups excluding carboxylic acids is 4. The van der Waals surface area contributed by atoms with Crippen LogP contribution in [0, 0.1) is 0 Å². The maximum atomic E-state index is 11.6. The van der Waals surface area contributed by atoms with Crippen LogP contribution in [0.25, 0.3) is 135 Å². The van der Waals surface area contributed by atoms with Crippen molar-refractivity contribution >= 4 is 45.9 Å². The fourth-order valence-electron chi connectivity index (χ4n) is 9.71. The van der Waals surface area contributed by atoms with Gasteiger partial charge in [0.1, 0.15) is 17.1 Å². The van der Waals surface area contributed by atoms with Crippen LogP contribution < -0.4 is 20.4 Å². The van der Waals surface area contributed by atoms with E-state index in [9.17, 15) is 39.6 Å². The monoisotopic (exact) mass is 990 g/mol. The summed E-state index contributed by atoms with van der Waals surface area (Å²) in [6, 6.07) is 48.3. The number of hydrogen-bond acceptors (Lipinski definition) is 14. The lowest BCUT2D eigenvalue weighted by Gasteiger charge is -2.08. The summed E-state index contributed by atoms with van der Waals surface area (Å²) in [5, 5.41) is 48.0. The van der Waals surface area contributed by atoms with Crippen LogP contribution in [0.15, 0.2) is 170 Å². The zero-order chi connectivity index (χ0) is 51.9. The molecule has 10 aromatic rings. The third kappa shape index (κ3) is 7.73. The van der Waals surface area contributed by atoms with Gasteiger partial charge in [0.2, 0.25) is 0 Å². The minimum Gasteiger partial charge on any atom is -0.545 e. The minimum absolute atomic E-state index is 0.0332. The number of aromatic nitrogens is 8. The molecule has 2 aromatic heterocycles. The van der Waals surface area contributed by atoms with E-state index in [0.29, 0.717) is 84.6 Å². The van der Waals surface area contributed by atoms with Crippen LogP contribution in [0.5, 0.6) is 0 Å². The van der Waals surface area contributed by atoms with Crippen molar-refractivity contribution in [1.29, 1.82) is 0 Å².